The van der Waals surface area contributed by atoms with Crippen LogP contribution in [0.3, 0.4) is 0 Å². The first kappa shape index (κ1) is 29.1. The molecule has 0 bridgehead atoms. The van der Waals surface area contributed by atoms with E-state index < -0.39 is 11.6 Å². The summed E-state index contributed by atoms with van der Waals surface area (Å²) in [5.41, 5.74) is -1.20. The number of benzene rings is 1. The summed E-state index contributed by atoms with van der Waals surface area (Å²) in [6, 6.07) is 6.81. The van der Waals surface area contributed by atoms with Gasteiger partial charge in [-0.05, 0) is 56.4 Å². The third-order valence-electron chi connectivity index (χ3n) is 7.38. The number of ether oxygens (including phenoxy) is 2. The zero-order valence-corrected chi connectivity index (χ0v) is 22.9. The molecule has 1 aromatic heterocycles. The third kappa shape index (κ3) is 10.4. The fourth-order valence-electron chi connectivity index (χ4n) is 4.97. The van der Waals surface area contributed by atoms with Gasteiger partial charge in [-0.25, -0.2) is 19.2 Å². The highest BCUT2D eigenvalue weighted by Crippen LogP contribution is 2.29. The van der Waals surface area contributed by atoms with Crippen molar-refractivity contribution < 1.29 is 18.7 Å². The first-order valence-corrected chi connectivity index (χ1v) is 14.4. The number of alkyl halides is 1. The van der Waals surface area contributed by atoms with Gasteiger partial charge >= 0.3 is 5.97 Å². The van der Waals surface area contributed by atoms with Crippen molar-refractivity contribution in [1.29, 1.82) is 0 Å². The van der Waals surface area contributed by atoms with Gasteiger partial charge in [0.1, 0.15) is 5.75 Å². The van der Waals surface area contributed by atoms with Crippen LogP contribution in [0.25, 0.3) is 11.4 Å². The van der Waals surface area contributed by atoms with E-state index in [4.69, 9.17) is 9.47 Å². The lowest BCUT2D eigenvalue weighted by molar-refractivity contribution is -0.147. The summed E-state index contributed by atoms with van der Waals surface area (Å²) in [5, 5.41) is 0. The molecule has 1 heterocycles. The molecule has 204 valence electrons. The van der Waals surface area contributed by atoms with E-state index in [9.17, 15) is 9.18 Å². The van der Waals surface area contributed by atoms with E-state index in [2.05, 4.69) is 16.9 Å². The van der Waals surface area contributed by atoms with Crippen LogP contribution in [0.15, 0.2) is 36.7 Å². The summed E-state index contributed by atoms with van der Waals surface area (Å²) in [5.74, 6) is 1.68. The minimum Gasteiger partial charge on any atom is -0.490 e. The van der Waals surface area contributed by atoms with Gasteiger partial charge in [-0.3, -0.25) is 0 Å². The molecule has 0 saturated heterocycles. The van der Waals surface area contributed by atoms with Crippen LogP contribution in [-0.2, 0) is 4.79 Å². The normalized spacial score (nSPS) is 15.4. The van der Waals surface area contributed by atoms with Crippen LogP contribution in [0.5, 0.6) is 11.5 Å². The smallest absolute Gasteiger partial charge is 0.348 e. The summed E-state index contributed by atoms with van der Waals surface area (Å²) in [6.45, 7) is 4.07. The molecule has 1 aliphatic rings. The van der Waals surface area contributed by atoms with Gasteiger partial charge in [0, 0.05) is 5.56 Å². The van der Waals surface area contributed by atoms with E-state index in [1.54, 1.807) is 36.7 Å². The lowest BCUT2D eigenvalue weighted by Gasteiger charge is -2.18. The number of nitrogens with zero attached hydrogens (tertiary/aromatic N) is 2. The van der Waals surface area contributed by atoms with Crippen molar-refractivity contribution in [2.24, 2.45) is 5.92 Å². The zero-order chi connectivity index (χ0) is 26.3. The molecule has 1 aromatic carbocycles. The Balaban J connectivity index is 1.34. The molecule has 0 radical (unpaired) electrons. The Labute approximate surface area is 222 Å². The summed E-state index contributed by atoms with van der Waals surface area (Å²) in [4.78, 5) is 21.1. The number of rotatable bonds is 17. The molecule has 0 aliphatic heterocycles. The fraction of sp³-hybridized carbons (Fsp3) is 0.645. The van der Waals surface area contributed by atoms with Crippen LogP contribution in [0, 0.1) is 5.92 Å². The maximum atomic E-state index is 14.7. The second-order valence-electron chi connectivity index (χ2n) is 10.7. The first-order valence-electron chi connectivity index (χ1n) is 14.4. The number of hydrogen-bond acceptors (Lipinski definition) is 5. The Morgan fingerprint density at radius 1 is 0.919 bits per heavy atom. The van der Waals surface area contributed by atoms with Crippen molar-refractivity contribution in [3.8, 4) is 22.9 Å². The van der Waals surface area contributed by atoms with Crippen molar-refractivity contribution in [3.63, 3.8) is 0 Å². The summed E-state index contributed by atoms with van der Waals surface area (Å²) < 4.78 is 25.8. The zero-order valence-electron chi connectivity index (χ0n) is 22.9. The minimum atomic E-state index is -1.99. The van der Waals surface area contributed by atoms with Crippen molar-refractivity contribution >= 4 is 5.97 Å². The standard InChI is InChI=1S/C31H45FN2O3/c1-3-4-5-12-21-31(2,32)30(35)37-27-19-17-26(18-20-27)29-33-23-28(24-34-29)36-22-13-8-6-7-9-14-25-15-10-11-16-25/h17-20,23-25H,3-16,21-22H2,1-2H3/t31-/m1/s1. The summed E-state index contributed by atoms with van der Waals surface area (Å²) in [7, 11) is 0. The topological polar surface area (TPSA) is 61.3 Å². The lowest BCUT2D eigenvalue weighted by atomic mass is 9.99. The molecule has 1 atom stereocenters. The average molecular weight is 513 g/mol. The largest absolute Gasteiger partial charge is 0.490 e. The molecule has 0 spiro atoms. The molecular formula is C31H45FN2O3. The highest BCUT2D eigenvalue weighted by atomic mass is 19.1. The molecule has 1 fully saturated rings. The Hall–Kier alpha value is -2.50. The van der Waals surface area contributed by atoms with Crippen molar-refractivity contribution in [2.45, 2.75) is 116 Å². The molecule has 1 aliphatic carbocycles. The van der Waals surface area contributed by atoms with Crippen molar-refractivity contribution in [1.82, 2.24) is 9.97 Å². The van der Waals surface area contributed by atoms with Crippen LogP contribution in [0.2, 0.25) is 0 Å². The van der Waals surface area contributed by atoms with Gasteiger partial charge in [0.25, 0.3) is 0 Å². The minimum absolute atomic E-state index is 0.173. The number of esters is 1. The van der Waals surface area contributed by atoms with E-state index in [0.717, 1.165) is 37.2 Å². The Morgan fingerprint density at radius 3 is 2.27 bits per heavy atom. The monoisotopic (exact) mass is 512 g/mol. The van der Waals surface area contributed by atoms with E-state index in [1.807, 2.05) is 0 Å². The first-order chi connectivity index (χ1) is 18.0. The van der Waals surface area contributed by atoms with Crippen LogP contribution >= 0.6 is 0 Å². The van der Waals surface area contributed by atoms with Gasteiger partial charge < -0.3 is 9.47 Å². The quantitative estimate of drug-likeness (QED) is 0.121. The SMILES string of the molecule is CCCCCC[C@@](C)(F)C(=O)Oc1ccc(-c2ncc(OCCCCCCCC3CCCC3)cn2)cc1. The molecule has 3 rings (SSSR count). The van der Waals surface area contributed by atoms with Crippen molar-refractivity contribution in [3.05, 3.63) is 36.7 Å². The van der Waals surface area contributed by atoms with Gasteiger partial charge in [-0.1, -0.05) is 84.0 Å². The molecule has 5 nitrogen and oxygen atoms in total. The number of hydrogen-bond donors (Lipinski definition) is 0. The van der Waals surface area contributed by atoms with Gasteiger partial charge in [-0.15, -0.1) is 0 Å². The second kappa shape index (κ2) is 15.7. The molecular weight excluding hydrogens is 467 g/mol. The van der Waals surface area contributed by atoms with E-state index in [0.29, 0.717) is 30.4 Å². The van der Waals surface area contributed by atoms with Gasteiger partial charge in [-0.2, -0.15) is 0 Å². The van der Waals surface area contributed by atoms with Gasteiger partial charge in [0.2, 0.25) is 5.67 Å². The van der Waals surface area contributed by atoms with Crippen LogP contribution < -0.4 is 9.47 Å². The maximum Gasteiger partial charge on any atom is 0.348 e. The van der Waals surface area contributed by atoms with E-state index in [-0.39, 0.29) is 6.42 Å². The van der Waals surface area contributed by atoms with Crippen LogP contribution in [0.1, 0.15) is 110 Å². The highest BCUT2D eigenvalue weighted by Gasteiger charge is 2.34. The summed E-state index contributed by atoms with van der Waals surface area (Å²) >= 11 is 0. The second-order valence-corrected chi connectivity index (χ2v) is 10.7. The maximum absolute atomic E-state index is 14.7. The predicted octanol–water partition coefficient (Wildman–Crippen LogP) is 8.66. The number of unbranched alkanes of at least 4 members (excludes halogenated alkanes) is 7. The van der Waals surface area contributed by atoms with Gasteiger partial charge in [0.05, 0.1) is 19.0 Å². The Kier molecular flexibility index (Phi) is 12.3. The van der Waals surface area contributed by atoms with E-state index in [1.165, 1.54) is 64.7 Å². The average Bonchev–Trinajstić information content (AvgIpc) is 3.43. The van der Waals surface area contributed by atoms with E-state index >= 15 is 0 Å². The Bertz CT molecular complexity index is 909. The molecule has 1 saturated carbocycles. The molecule has 37 heavy (non-hydrogen) atoms. The van der Waals surface area contributed by atoms with Crippen LogP contribution in [-0.4, -0.2) is 28.2 Å². The lowest BCUT2D eigenvalue weighted by Crippen LogP contribution is -2.34. The summed E-state index contributed by atoms with van der Waals surface area (Å²) in [6.07, 6.45) is 20.7. The third-order valence-corrected chi connectivity index (χ3v) is 7.38. The number of aromatic nitrogens is 2. The van der Waals surface area contributed by atoms with Gasteiger partial charge in [0.15, 0.2) is 11.6 Å². The van der Waals surface area contributed by atoms with Crippen molar-refractivity contribution in [2.75, 3.05) is 6.61 Å². The van der Waals surface area contributed by atoms with Crippen LogP contribution in [0.4, 0.5) is 4.39 Å². The highest BCUT2D eigenvalue weighted by molar-refractivity contribution is 5.81. The number of carbonyl (C=O) groups is 1. The Morgan fingerprint density at radius 2 is 1.57 bits per heavy atom. The molecule has 0 N–H and O–H groups in total. The molecule has 2 aromatic rings. The number of halogens is 1. The molecule has 0 unspecified atom stereocenters. The molecule has 0 amide bonds. The number of carbonyl (C=O) groups excluding carboxylic acids is 1. The predicted molar refractivity (Wildman–Crippen MR) is 147 cm³/mol. The fourth-order valence-corrected chi connectivity index (χ4v) is 4.97. The molecule has 6 heteroatoms.